The fourth-order valence-corrected chi connectivity index (χ4v) is 2.51. The highest BCUT2D eigenvalue weighted by atomic mass is 79.9. The van der Waals surface area contributed by atoms with Crippen LogP contribution >= 0.6 is 15.9 Å². The lowest BCUT2D eigenvalue weighted by Gasteiger charge is -2.14. The van der Waals surface area contributed by atoms with E-state index in [2.05, 4.69) is 49.5 Å². The van der Waals surface area contributed by atoms with Crippen molar-refractivity contribution < 1.29 is 0 Å². The highest BCUT2D eigenvalue weighted by Crippen LogP contribution is 2.29. The van der Waals surface area contributed by atoms with Gasteiger partial charge in [-0.05, 0) is 40.5 Å². The summed E-state index contributed by atoms with van der Waals surface area (Å²) >= 11 is 3.47. The number of nitrogens with zero attached hydrogens (tertiary/aromatic N) is 3. The van der Waals surface area contributed by atoms with E-state index < -0.39 is 0 Å². The number of nitrogens with one attached hydrogen (secondary N) is 2. The first-order chi connectivity index (χ1) is 10.2. The van der Waals surface area contributed by atoms with E-state index in [1.807, 2.05) is 13.1 Å². The van der Waals surface area contributed by atoms with Crippen molar-refractivity contribution in [3.05, 3.63) is 40.1 Å². The van der Waals surface area contributed by atoms with Gasteiger partial charge in [-0.2, -0.15) is 5.26 Å². The Bertz CT molecular complexity index is 678. The van der Waals surface area contributed by atoms with Crippen LogP contribution in [0.4, 0.5) is 17.3 Å². The molecule has 0 aliphatic carbocycles. The van der Waals surface area contributed by atoms with Crippen molar-refractivity contribution in [2.45, 2.75) is 19.8 Å². The van der Waals surface area contributed by atoms with E-state index in [4.69, 9.17) is 5.26 Å². The number of hydrogen-bond donors (Lipinski definition) is 2. The molecule has 0 amide bonds. The number of rotatable bonds is 5. The van der Waals surface area contributed by atoms with Crippen LogP contribution < -0.4 is 10.6 Å². The Kier molecular flexibility index (Phi) is 5.12. The average molecular weight is 346 g/mol. The molecule has 0 saturated carbocycles. The molecule has 0 spiro atoms. The Morgan fingerprint density at radius 1 is 1.29 bits per heavy atom. The Morgan fingerprint density at radius 2 is 2.05 bits per heavy atom. The van der Waals surface area contributed by atoms with Crippen molar-refractivity contribution >= 4 is 33.3 Å². The van der Waals surface area contributed by atoms with Crippen molar-refractivity contribution in [3.8, 4) is 6.07 Å². The fourth-order valence-electron chi connectivity index (χ4n) is 2.04. The van der Waals surface area contributed by atoms with E-state index in [-0.39, 0.29) is 0 Å². The first-order valence-electron chi connectivity index (χ1n) is 6.67. The predicted molar refractivity (Wildman–Crippen MR) is 87.7 cm³/mol. The van der Waals surface area contributed by atoms with Crippen molar-refractivity contribution in [2.75, 3.05) is 17.7 Å². The molecule has 108 valence electrons. The van der Waals surface area contributed by atoms with Crippen molar-refractivity contribution in [1.82, 2.24) is 9.97 Å². The topological polar surface area (TPSA) is 73.6 Å². The monoisotopic (exact) mass is 345 g/mol. The Hall–Kier alpha value is -2.13. The smallest absolute Gasteiger partial charge is 0.139 e. The third-order valence-corrected chi connectivity index (χ3v) is 3.69. The molecular weight excluding hydrogens is 330 g/mol. The van der Waals surface area contributed by atoms with Crippen molar-refractivity contribution in [2.24, 2.45) is 0 Å². The molecule has 1 aromatic carbocycles. The number of benzene rings is 1. The number of nitriles is 1. The van der Waals surface area contributed by atoms with Gasteiger partial charge >= 0.3 is 0 Å². The maximum absolute atomic E-state index is 8.90. The molecule has 6 heteroatoms. The van der Waals surface area contributed by atoms with Crippen LogP contribution in [0.5, 0.6) is 0 Å². The molecular formula is C15H16BrN5. The van der Waals surface area contributed by atoms with Gasteiger partial charge in [0.2, 0.25) is 0 Å². The average Bonchev–Trinajstić information content (AvgIpc) is 2.51. The minimum absolute atomic E-state index is 0.611. The van der Waals surface area contributed by atoms with Crippen LogP contribution in [0.15, 0.2) is 29.0 Å². The number of aromatic nitrogens is 2. The van der Waals surface area contributed by atoms with Gasteiger partial charge < -0.3 is 10.6 Å². The largest absolute Gasteiger partial charge is 0.373 e. The van der Waals surface area contributed by atoms with Gasteiger partial charge in [-0.3, -0.25) is 0 Å². The summed E-state index contributed by atoms with van der Waals surface area (Å²) < 4.78 is 0.827. The lowest BCUT2D eigenvalue weighted by atomic mass is 10.1. The summed E-state index contributed by atoms with van der Waals surface area (Å²) in [6, 6.07) is 7.53. The second-order valence-corrected chi connectivity index (χ2v) is 5.34. The Balaban J connectivity index is 2.37. The van der Waals surface area contributed by atoms with Crippen LogP contribution in [0.2, 0.25) is 0 Å². The SMILES string of the molecule is CCCc1c(NC)ncnc1Nc1ccc(C#N)cc1Br. The van der Waals surface area contributed by atoms with Gasteiger partial charge in [0.05, 0.1) is 17.3 Å². The molecule has 0 aliphatic rings. The molecule has 0 aliphatic heterocycles. The van der Waals surface area contributed by atoms with Crippen molar-refractivity contribution in [3.63, 3.8) is 0 Å². The normalized spacial score (nSPS) is 10.0. The summed E-state index contributed by atoms with van der Waals surface area (Å²) in [6.07, 6.45) is 3.42. The maximum atomic E-state index is 8.90. The van der Waals surface area contributed by atoms with Gasteiger partial charge in [0.1, 0.15) is 18.0 Å². The molecule has 2 rings (SSSR count). The van der Waals surface area contributed by atoms with Crippen LogP contribution in [0.1, 0.15) is 24.5 Å². The second-order valence-electron chi connectivity index (χ2n) is 4.48. The zero-order valence-corrected chi connectivity index (χ0v) is 13.5. The van der Waals surface area contributed by atoms with E-state index >= 15 is 0 Å². The number of anilines is 3. The zero-order chi connectivity index (χ0) is 15.2. The van der Waals surface area contributed by atoms with E-state index in [1.54, 1.807) is 12.1 Å². The highest BCUT2D eigenvalue weighted by Gasteiger charge is 2.11. The summed E-state index contributed by atoms with van der Waals surface area (Å²) in [7, 11) is 1.85. The molecule has 0 fully saturated rings. The van der Waals surface area contributed by atoms with E-state index in [0.717, 1.165) is 40.2 Å². The van der Waals surface area contributed by atoms with Gasteiger partial charge in [-0.1, -0.05) is 13.3 Å². The third-order valence-electron chi connectivity index (χ3n) is 3.03. The minimum Gasteiger partial charge on any atom is -0.373 e. The molecule has 0 bridgehead atoms. The van der Waals surface area contributed by atoms with Crippen LogP contribution in [0, 0.1) is 11.3 Å². The van der Waals surface area contributed by atoms with Crippen molar-refractivity contribution in [1.29, 1.82) is 5.26 Å². The summed E-state index contributed by atoms with van der Waals surface area (Å²) in [4.78, 5) is 8.59. The first kappa shape index (κ1) is 15.3. The van der Waals surface area contributed by atoms with Crippen LogP contribution in [-0.4, -0.2) is 17.0 Å². The molecule has 1 aromatic heterocycles. The lowest BCUT2D eigenvalue weighted by Crippen LogP contribution is -2.05. The summed E-state index contributed by atoms with van der Waals surface area (Å²) in [6.45, 7) is 2.12. The second kappa shape index (κ2) is 7.04. The van der Waals surface area contributed by atoms with Crippen LogP contribution in [0.3, 0.4) is 0 Å². The molecule has 21 heavy (non-hydrogen) atoms. The molecule has 0 unspecified atom stereocenters. The Morgan fingerprint density at radius 3 is 2.67 bits per heavy atom. The highest BCUT2D eigenvalue weighted by molar-refractivity contribution is 9.10. The molecule has 2 N–H and O–H groups in total. The molecule has 0 radical (unpaired) electrons. The Labute approximate surface area is 132 Å². The number of hydrogen-bond acceptors (Lipinski definition) is 5. The maximum Gasteiger partial charge on any atom is 0.139 e. The van der Waals surface area contributed by atoms with E-state index in [1.165, 1.54) is 6.33 Å². The van der Waals surface area contributed by atoms with Gasteiger partial charge in [-0.25, -0.2) is 9.97 Å². The zero-order valence-electron chi connectivity index (χ0n) is 11.9. The molecule has 0 atom stereocenters. The summed E-state index contributed by atoms with van der Waals surface area (Å²) in [5.74, 6) is 1.61. The van der Waals surface area contributed by atoms with E-state index in [9.17, 15) is 0 Å². The predicted octanol–water partition coefficient (Wildman–Crippen LogP) is 3.85. The molecule has 2 aromatic rings. The standard InChI is InChI=1S/C15H16BrN5/c1-3-4-11-14(18-2)19-9-20-15(11)21-13-6-5-10(8-17)7-12(13)16/h5-7,9H,3-4H2,1-2H3,(H2,18,19,20,21). The minimum atomic E-state index is 0.611. The van der Waals surface area contributed by atoms with Gasteiger partial charge in [0.25, 0.3) is 0 Å². The van der Waals surface area contributed by atoms with E-state index in [0.29, 0.717) is 5.56 Å². The van der Waals surface area contributed by atoms with Gasteiger partial charge in [-0.15, -0.1) is 0 Å². The summed E-state index contributed by atoms with van der Waals surface area (Å²) in [5, 5.41) is 15.3. The summed E-state index contributed by atoms with van der Waals surface area (Å²) in [5.41, 5.74) is 2.53. The van der Waals surface area contributed by atoms with Gasteiger partial charge in [0, 0.05) is 17.1 Å². The quantitative estimate of drug-likeness (QED) is 0.860. The molecule has 5 nitrogen and oxygen atoms in total. The number of halogens is 1. The van der Waals surface area contributed by atoms with Gasteiger partial charge in [0.15, 0.2) is 0 Å². The third kappa shape index (κ3) is 3.50. The van der Waals surface area contributed by atoms with Crippen LogP contribution in [-0.2, 0) is 6.42 Å². The fraction of sp³-hybridized carbons (Fsp3) is 0.267. The van der Waals surface area contributed by atoms with Crippen LogP contribution in [0.25, 0.3) is 0 Å². The lowest BCUT2D eigenvalue weighted by molar-refractivity contribution is 0.905. The first-order valence-corrected chi connectivity index (χ1v) is 7.47. The molecule has 1 heterocycles. The molecule has 0 saturated heterocycles.